The molecule has 1 atom stereocenters. The van der Waals surface area contributed by atoms with Gasteiger partial charge in [0.1, 0.15) is 11.4 Å². The van der Waals surface area contributed by atoms with Gasteiger partial charge in [0, 0.05) is 6.54 Å². The van der Waals surface area contributed by atoms with Crippen molar-refractivity contribution in [3.63, 3.8) is 0 Å². The van der Waals surface area contributed by atoms with Crippen molar-refractivity contribution < 1.29 is 22.7 Å². The molecular weight excluding hydrogens is 562 g/mol. The average molecular weight is 594 g/mol. The summed E-state index contributed by atoms with van der Waals surface area (Å²) in [6.07, 6.45) is -0.491. The molecule has 1 aliphatic rings. The highest BCUT2D eigenvalue weighted by Gasteiger charge is 2.40. The molecule has 1 aromatic carbocycles. The molecule has 3 rings (SSSR count). The Morgan fingerprint density at radius 3 is 2.43 bits per heavy atom. The van der Waals surface area contributed by atoms with Crippen LogP contribution >= 0.6 is 27.5 Å². The van der Waals surface area contributed by atoms with Gasteiger partial charge in [0.2, 0.25) is 0 Å². The first kappa shape index (κ1) is 28.0. The summed E-state index contributed by atoms with van der Waals surface area (Å²) in [5.74, 6) is -0.990. The molecule has 0 saturated carbocycles. The van der Waals surface area contributed by atoms with Gasteiger partial charge < -0.3 is 13.7 Å². The molecule has 0 unspecified atom stereocenters. The van der Waals surface area contributed by atoms with Crippen molar-refractivity contribution in [1.82, 2.24) is 19.7 Å². The van der Waals surface area contributed by atoms with E-state index in [0.29, 0.717) is 5.82 Å². The molecule has 0 radical (unpaired) electrons. The average Bonchev–Trinajstić information content (AvgIpc) is 3.15. The van der Waals surface area contributed by atoms with E-state index < -0.39 is 37.7 Å². The van der Waals surface area contributed by atoms with Crippen LogP contribution in [-0.2, 0) is 15.7 Å². The van der Waals surface area contributed by atoms with Crippen LogP contribution in [0.1, 0.15) is 53.4 Å². The van der Waals surface area contributed by atoms with Gasteiger partial charge in [-0.05, 0) is 60.9 Å². The number of halogens is 4. The standard InChI is InChI=1S/C23H32BrClF2N4O3Si/c1-22(2,3)34-21(32)30-10-13(12-33-35(7,8)23(4,5)6)31-16(11-30)28-29-20(31)14-9-15(26)17(24)18(25)19(14)27/h9,13H,10-12H2,1-8H3/t13-/m1/s1. The van der Waals surface area contributed by atoms with E-state index in [1.807, 2.05) is 0 Å². The number of carbonyl (C=O) groups is 1. The lowest BCUT2D eigenvalue weighted by Gasteiger charge is -2.40. The lowest BCUT2D eigenvalue weighted by Crippen LogP contribution is -2.47. The van der Waals surface area contributed by atoms with Crippen LogP contribution in [0.4, 0.5) is 13.6 Å². The summed E-state index contributed by atoms with van der Waals surface area (Å²) in [4.78, 5) is 14.4. The van der Waals surface area contributed by atoms with Gasteiger partial charge in [0.05, 0.1) is 34.3 Å². The quantitative estimate of drug-likeness (QED) is 0.218. The number of carbonyl (C=O) groups excluding carboxylic acids is 1. The molecule has 0 saturated heterocycles. The van der Waals surface area contributed by atoms with E-state index in [0.717, 1.165) is 6.07 Å². The molecule has 12 heteroatoms. The number of fused-ring (bicyclic) bond motifs is 1. The summed E-state index contributed by atoms with van der Waals surface area (Å²) in [6, 6.07) is 0.587. The molecular formula is C23H32BrClF2N4O3Si. The lowest BCUT2D eigenvalue weighted by atomic mass is 10.1. The van der Waals surface area contributed by atoms with Crippen molar-refractivity contribution in [3.05, 3.63) is 33.0 Å². The molecule has 0 aliphatic carbocycles. The summed E-state index contributed by atoms with van der Waals surface area (Å²) in [5, 5.41) is 7.95. The zero-order chi connectivity index (χ0) is 26.5. The van der Waals surface area contributed by atoms with Crippen molar-refractivity contribution in [3.8, 4) is 11.4 Å². The normalized spacial score (nSPS) is 16.9. The van der Waals surface area contributed by atoms with E-state index in [9.17, 15) is 9.18 Å². The van der Waals surface area contributed by atoms with Gasteiger partial charge >= 0.3 is 6.09 Å². The number of ether oxygens (including phenoxy) is 1. The minimum atomic E-state index is -2.16. The van der Waals surface area contributed by atoms with Crippen LogP contribution < -0.4 is 0 Å². The van der Waals surface area contributed by atoms with E-state index in [4.69, 9.17) is 20.8 Å². The minimum absolute atomic E-state index is 0.0418. The fraction of sp³-hybridized carbons (Fsp3) is 0.609. The topological polar surface area (TPSA) is 69.5 Å². The Bertz CT molecular complexity index is 1130. The number of amides is 1. The first-order valence-electron chi connectivity index (χ1n) is 11.3. The second-order valence-electron chi connectivity index (χ2n) is 11.2. The number of hydrogen-bond donors (Lipinski definition) is 0. The maximum atomic E-state index is 15.1. The van der Waals surface area contributed by atoms with Crippen molar-refractivity contribution in [1.29, 1.82) is 0 Å². The Morgan fingerprint density at radius 1 is 1.23 bits per heavy atom. The highest BCUT2D eigenvalue weighted by atomic mass is 79.9. The number of aromatic nitrogens is 3. The van der Waals surface area contributed by atoms with Crippen LogP contribution in [0.5, 0.6) is 0 Å². The van der Waals surface area contributed by atoms with Crippen molar-refractivity contribution >= 4 is 41.9 Å². The van der Waals surface area contributed by atoms with Gasteiger partial charge in [0.25, 0.3) is 0 Å². The molecule has 2 heterocycles. The molecule has 0 N–H and O–H groups in total. The smallest absolute Gasteiger partial charge is 0.410 e. The van der Waals surface area contributed by atoms with Crippen molar-refractivity contribution in [2.45, 2.75) is 77.9 Å². The molecule has 1 aliphatic heterocycles. The van der Waals surface area contributed by atoms with Crippen molar-refractivity contribution in [2.24, 2.45) is 0 Å². The Hall–Kier alpha value is -1.56. The minimum Gasteiger partial charge on any atom is -0.444 e. The van der Waals surface area contributed by atoms with Gasteiger partial charge in [-0.25, -0.2) is 13.6 Å². The third-order valence-electron chi connectivity index (χ3n) is 6.33. The Labute approximate surface area is 219 Å². The Balaban J connectivity index is 2.05. The molecule has 0 fully saturated rings. The highest BCUT2D eigenvalue weighted by Crippen LogP contribution is 2.39. The third kappa shape index (κ3) is 5.89. The Kier molecular flexibility index (Phi) is 7.78. The van der Waals surface area contributed by atoms with Crippen LogP contribution in [0, 0.1) is 11.6 Å². The van der Waals surface area contributed by atoms with Gasteiger partial charge in [-0.15, -0.1) is 10.2 Å². The predicted molar refractivity (Wildman–Crippen MR) is 137 cm³/mol. The largest absolute Gasteiger partial charge is 0.444 e. The van der Waals surface area contributed by atoms with E-state index in [-0.39, 0.29) is 45.6 Å². The van der Waals surface area contributed by atoms with E-state index >= 15 is 4.39 Å². The van der Waals surface area contributed by atoms with Crippen molar-refractivity contribution in [2.75, 3.05) is 13.2 Å². The van der Waals surface area contributed by atoms with Crippen LogP contribution in [0.3, 0.4) is 0 Å². The van der Waals surface area contributed by atoms with Gasteiger partial charge in [-0.1, -0.05) is 32.4 Å². The molecule has 1 amide bonds. The first-order valence-corrected chi connectivity index (χ1v) is 15.4. The summed E-state index contributed by atoms with van der Waals surface area (Å²) in [6.45, 7) is 16.6. The predicted octanol–water partition coefficient (Wildman–Crippen LogP) is 6.95. The summed E-state index contributed by atoms with van der Waals surface area (Å²) >= 11 is 8.98. The van der Waals surface area contributed by atoms with Gasteiger partial charge in [0.15, 0.2) is 25.8 Å². The monoisotopic (exact) mass is 592 g/mol. The molecule has 0 spiro atoms. The fourth-order valence-electron chi connectivity index (χ4n) is 3.42. The second-order valence-corrected chi connectivity index (χ2v) is 17.2. The fourth-order valence-corrected chi connectivity index (χ4v) is 4.94. The molecule has 35 heavy (non-hydrogen) atoms. The summed E-state index contributed by atoms with van der Waals surface area (Å²) < 4.78 is 43.1. The zero-order valence-electron chi connectivity index (χ0n) is 21.3. The van der Waals surface area contributed by atoms with E-state index in [2.05, 4.69) is 60.0 Å². The molecule has 1 aromatic heterocycles. The van der Waals surface area contributed by atoms with E-state index in [1.165, 1.54) is 4.90 Å². The number of rotatable bonds is 4. The number of hydrogen-bond acceptors (Lipinski definition) is 5. The summed E-state index contributed by atoms with van der Waals surface area (Å²) in [7, 11) is -2.16. The molecule has 194 valence electrons. The maximum absolute atomic E-state index is 15.1. The molecule has 2 aromatic rings. The second kappa shape index (κ2) is 9.72. The zero-order valence-corrected chi connectivity index (χ0v) is 24.6. The third-order valence-corrected chi connectivity index (χ3v) is 12.2. The Morgan fingerprint density at radius 2 is 1.86 bits per heavy atom. The number of nitrogens with zero attached hydrogens (tertiary/aromatic N) is 4. The SMILES string of the molecule is CC(C)(C)OC(=O)N1Cc2nnc(-c3cc(F)c(Br)c(Cl)c3F)n2[C@@H](CO[Si](C)(C)C(C)(C)C)C1. The maximum Gasteiger partial charge on any atom is 0.410 e. The van der Waals surface area contributed by atoms with Gasteiger partial charge in [-0.3, -0.25) is 4.90 Å². The van der Waals surface area contributed by atoms with E-state index in [1.54, 1.807) is 25.3 Å². The highest BCUT2D eigenvalue weighted by molar-refractivity contribution is 9.10. The number of benzene rings is 1. The first-order chi connectivity index (χ1) is 15.9. The molecule has 7 nitrogen and oxygen atoms in total. The lowest BCUT2D eigenvalue weighted by molar-refractivity contribution is 0.0139. The molecule has 0 bridgehead atoms. The van der Waals surface area contributed by atoms with Gasteiger partial charge in [-0.2, -0.15) is 0 Å². The van der Waals surface area contributed by atoms with Crippen LogP contribution in [0.2, 0.25) is 23.2 Å². The van der Waals surface area contributed by atoms with Crippen LogP contribution in [-0.4, -0.2) is 52.8 Å². The van der Waals surface area contributed by atoms with Crippen LogP contribution in [0.25, 0.3) is 11.4 Å². The summed E-state index contributed by atoms with van der Waals surface area (Å²) in [5.41, 5.74) is -0.785. The van der Waals surface area contributed by atoms with Crippen LogP contribution in [0.15, 0.2) is 10.5 Å².